The molecule has 0 aliphatic heterocycles. The van der Waals surface area contributed by atoms with Crippen molar-refractivity contribution in [2.45, 2.75) is 71.1 Å². The maximum atomic E-state index is 3.42. The summed E-state index contributed by atoms with van der Waals surface area (Å²) in [4.78, 5) is 0. The van der Waals surface area contributed by atoms with Gasteiger partial charge in [0.05, 0.1) is 0 Å². The number of rotatable bonds is 13. The number of hydrogen-bond donors (Lipinski definition) is 1. The topological polar surface area (TPSA) is 12.0 Å². The van der Waals surface area contributed by atoms with Crippen molar-refractivity contribution in [3.63, 3.8) is 0 Å². The van der Waals surface area contributed by atoms with Gasteiger partial charge in [-0.3, -0.25) is 0 Å². The monoisotopic (exact) mass is 327 g/mol. The number of unbranched alkanes of at least 4 members (excludes halogenated alkanes) is 9. The highest BCUT2D eigenvalue weighted by Gasteiger charge is 1.92. The van der Waals surface area contributed by atoms with E-state index < -0.39 is 0 Å². The quantitative estimate of drug-likeness (QED) is 0.357. The number of halogens is 2. The van der Waals surface area contributed by atoms with Crippen LogP contribution in [0.4, 0.5) is 0 Å². The number of nitrogens with one attached hydrogen (secondary N) is 1. The molecule has 0 heterocycles. The second-order valence-electron chi connectivity index (χ2n) is 4.62. The van der Waals surface area contributed by atoms with E-state index in [0.717, 1.165) is 11.9 Å². The minimum atomic E-state index is 0. The van der Waals surface area contributed by atoms with Gasteiger partial charge in [0.1, 0.15) is 0 Å². The molecule has 106 valence electrons. The predicted octanol–water partition coefficient (Wildman–Crippen LogP) is 5.31. The van der Waals surface area contributed by atoms with Gasteiger partial charge in [0.25, 0.3) is 0 Å². The number of alkyl halides is 1. The van der Waals surface area contributed by atoms with Crippen molar-refractivity contribution in [1.29, 1.82) is 0 Å². The largest absolute Gasteiger partial charge is 0.316 e. The molecule has 0 saturated carbocycles. The fraction of sp³-hybridized carbons (Fsp3) is 1.00. The standard InChI is InChI=1S/C14H30BrN.ClH/c1-2-3-4-5-6-7-8-9-10-11-13-16-14-12-15;/h16H,2-14H2,1H3;1H. The molecule has 0 atom stereocenters. The highest BCUT2D eigenvalue weighted by atomic mass is 79.9. The maximum Gasteiger partial charge on any atom is 0.0157 e. The average Bonchev–Trinajstić information content (AvgIpc) is 2.31. The van der Waals surface area contributed by atoms with Gasteiger partial charge < -0.3 is 5.32 Å². The molecule has 0 fully saturated rings. The summed E-state index contributed by atoms with van der Waals surface area (Å²) in [5, 5.41) is 4.49. The van der Waals surface area contributed by atoms with Crippen LogP contribution in [0.3, 0.4) is 0 Å². The molecule has 3 heteroatoms. The molecule has 1 N–H and O–H groups in total. The van der Waals surface area contributed by atoms with Gasteiger partial charge in [-0.25, -0.2) is 0 Å². The zero-order valence-electron chi connectivity index (χ0n) is 11.5. The van der Waals surface area contributed by atoms with Crippen LogP contribution in [-0.4, -0.2) is 18.4 Å². The van der Waals surface area contributed by atoms with E-state index in [1.165, 1.54) is 70.8 Å². The molecule has 0 aromatic carbocycles. The number of hydrogen-bond acceptors (Lipinski definition) is 1. The first-order valence-electron chi connectivity index (χ1n) is 7.18. The van der Waals surface area contributed by atoms with E-state index >= 15 is 0 Å². The van der Waals surface area contributed by atoms with Crippen LogP contribution in [0.25, 0.3) is 0 Å². The van der Waals surface area contributed by atoms with Gasteiger partial charge in [0.15, 0.2) is 0 Å². The van der Waals surface area contributed by atoms with Crippen LogP contribution in [-0.2, 0) is 0 Å². The molecule has 0 aliphatic carbocycles. The Bertz CT molecular complexity index is 109. The molecule has 17 heavy (non-hydrogen) atoms. The normalized spacial score (nSPS) is 10.2. The Hall–Kier alpha value is 0.730. The predicted molar refractivity (Wildman–Crippen MR) is 85.8 cm³/mol. The summed E-state index contributed by atoms with van der Waals surface area (Å²) < 4.78 is 0. The zero-order valence-corrected chi connectivity index (χ0v) is 13.9. The Balaban J connectivity index is 0. The van der Waals surface area contributed by atoms with E-state index in [1.807, 2.05) is 0 Å². The van der Waals surface area contributed by atoms with Crippen molar-refractivity contribution in [2.24, 2.45) is 0 Å². The lowest BCUT2D eigenvalue weighted by Crippen LogP contribution is -2.17. The van der Waals surface area contributed by atoms with Crippen LogP contribution in [0.2, 0.25) is 0 Å². The molecule has 0 bridgehead atoms. The van der Waals surface area contributed by atoms with Crippen molar-refractivity contribution in [1.82, 2.24) is 5.32 Å². The molecule has 0 radical (unpaired) electrons. The van der Waals surface area contributed by atoms with Crippen LogP contribution in [0.1, 0.15) is 71.1 Å². The van der Waals surface area contributed by atoms with E-state index in [2.05, 4.69) is 28.2 Å². The first-order chi connectivity index (χ1) is 7.91. The third-order valence-corrected chi connectivity index (χ3v) is 3.37. The van der Waals surface area contributed by atoms with Gasteiger partial charge in [0.2, 0.25) is 0 Å². The van der Waals surface area contributed by atoms with Crippen LogP contribution < -0.4 is 5.32 Å². The van der Waals surface area contributed by atoms with E-state index in [1.54, 1.807) is 0 Å². The third-order valence-electron chi connectivity index (χ3n) is 2.98. The average molecular weight is 329 g/mol. The molecule has 0 unspecified atom stereocenters. The van der Waals surface area contributed by atoms with Crippen molar-refractivity contribution < 1.29 is 0 Å². The maximum absolute atomic E-state index is 3.42. The van der Waals surface area contributed by atoms with E-state index in [0.29, 0.717) is 0 Å². The summed E-state index contributed by atoms with van der Waals surface area (Å²) in [6.45, 7) is 4.59. The van der Waals surface area contributed by atoms with Gasteiger partial charge in [-0.15, -0.1) is 12.4 Å². The van der Waals surface area contributed by atoms with Gasteiger partial charge in [-0.05, 0) is 13.0 Å². The Morgan fingerprint density at radius 1 is 0.706 bits per heavy atom. The lowest BCUT2D eigenvalue weighted by atomic mass is 10.1. The smallest absolute Gasteiger partial charge is 0.0157 e. The lowest BCUT2D eigenvalue weighted by molar-refractivity contribution is 0.547. The van der Waals surface area contributed by atoms with E-state index in [9.17, 15) is 0 Å². The van der Waals surface area contributed by atoms with Crippen molar-refractivity contribution in [3.8, 4) is 0 Å². The summed E-state index contributed by atoms with van der Waals surface area (Å²) >= 11 is 3.42. The summed E-state index contributed by atoms with van der Waals surface area (Å²) in [6, 6.07) is 0. The van der Waals surface area contributed by atoms with Crippen molar-refractivity contribution in [3.05, 3.63) is 0 Å². The van der Waals surface area contributed by atoms with Crippen molar-refractivity contribution >= 4 is 28.3 Å². The molecule has 1 nitrogen and oxygen atoms in total. The molecule has 0 aromatic rings. The molecule has 0 aliphatic rings. The van der Waals surface area contributed by atoms with Gasteiger partial charge >= 0.3 is 0 Å². The van der Waals surface area contributed by atoms with Crippen LogP contribution in [0.15, 0.2) is 0 Å². The van der Waals surface area contributed by atoms with Crippen LogP contribution in [0.5, 0.6) is 0 Å². The SMILES string of the molecule is CCCCCCCCCCCCNCCBr.Cl. The molecule has 0 saturated heterocycles. The minimum absolute atomic E-state index is 0. The second kappa shape index (κ2) is 19.1. The lowest BCUT2D eigenvalue weighted by Gasteiger charge is -2.03. The zero-order chi connectivity index (χ0) is 11.9. The Kier molecular flexibility index (Phi) is 22.5. The first kappa shape index (κ1) is 20.1. The summed E-state index contributed by atoms with van der Waals surface area (Å²) in [5.74, 6) is 0. The van der Waals surface area contributed by atoms with Crippen LogP contribution >= 0.6 is 28.3 Å². The van der Waals surface area contributed by atoms with Gasteiger partial charge in [0, 0.05) is 11.9 Å². The highest BCUT2D eigenvalue weighted by Crippen LogP contribution is 2.10. The molecule has 0 rings (SSSR count). The summed E-state index contributed by atoms with van der Waals surface area (Å²) in [7, 11) is 0. The third kappa shape index (κ3) is 19.3. The minimum Gasteiger partial charge on any atom is -0.316 e. The molecule has 0 amide bonds. The molecule has 0 spiro atoms. The Labute approximate surface area is 123 Å². The van der Waals surface area contributed by atoms with E-state index in [4.69, 9.17) is 0 Å². The Morgan fingerprint density at radius 2 is 1.18 bits per heavy atom. The first-order valence-corrected chi connectivity index (χ1v) is 8.30. The molecular formula is C14H31BrClN. The molecule has 0 aromatic heterocycles. The van der Waals surface area contributed by atoms with Crippen molar-refractivity contribution in [2.75, 3.05) is 18.4 Å². The fourth-order valence-corrected chi connectivity index (χ4v) is 2.21. The fourth-order valence-electron chi connectivity index (χ4n) is 1.93. The van der Waals surface area contributed by atoms with E-state index in [-0.39, 0.29) is 12.4 Å². The highest BCUT2D eigenvalue weighted by molar-refractivity contribution is 9.09. The van der Waals surface area contributed by atoms with Gasteiger partial charge in [-0.1, -0.05) is 80.6 Å². The van der Waals surface area contributed by atoms with Gasteiger partial charge in [-0.2, -0.15) is 0 Å². The summed E-state index contributed by atoms with van der Waals surface area (Å²) in [6.07, 6.45) is 14.3. The molecular weight excluding hydrogens is 298 g/mol. The van der Waals surface area contributed by atoms with Crippen LogP contribution in [0, 0.1) is 0 Å². The second-order valence-corrected chi connectivity index (χ2v) is 5.41. The Morgan fingerprint density at radius 3 is 1.65 bits per heavy atom. The summed E-state index contributed by atoms with van der Waals surface area (Å²) in [5.41, 5.74) is 0.